The van der Waals surface area contributed by atoms with Crippen molar-refractivity contribution in [3.05, 3.63) is 450 Å². The number of aromatic nitrogens is 9. The Bertz CT molecular complexity index is 8970. The van der Waals surface area contributed by atoms with Gasteiger partial charge in [0.05, 0.1) is 133 Å². The van der Waals surface area contributed by atoms with Crippen molar-refractivity contribution in [1.29, 1.82) is 0 Å². The van der Waals surface area contributed by atoms with Gasteiger partial charge in [0.2, 0.25) is 5.82 Å². The monoisotopic (exact) mass is 1770 g/mol. The van der Waals surface area contributed by atoms with Crippen molar-refractivity contribution < 1.29 is 35.1 Å². The molecule has 23 rings (SSSR count). The van der Waals surface area contributed by atoms with Crippen LogP contribution in [0.5, 0.6) is 0 Å². The molecule has 0 aliphatic rings. The second-order valence-corrected chi connectivity index (χ2v) is 31.8. The van der Waals surface area contributed by atoms with Crippen LogP contribution in [0.25, 0.3) is 241 Å². The van der Waals surface area contributed by atoms with Gasteiger partial charge in [-0.2, -0.15) is 0 Å². The van der Waals surface area contributed by atoms with Crippen LogP contribution in [0.2, 0.25) is 0 Å². The lowest BCUT2D eigenvalue weighted by Gasteiger charge is -2.16. The van der Waals surface area contributed by atoms with Crippen LogP contribution >= 0.6 is 0 Å². The number of para-hydroxylation sites is 3. The average Bonchev–Trinajstić information content (AvgIpc) is 0.727. The van der Waals surface area contributed by atoms with E-state index in [0.717, 1.165) is 106 Å². The number of pyridine rings is 3. The summed E-state index contributed by atoms with van der Waals surface area (Å²) in [5.74, 6) is -14.2. The largest absolute Gasteiger partial charge is 0.248 e. The van der Waals surface area contributed by atoms with Crippen molar-refractivity contribution in [1.82, 2.24) is 44.9 Å². The van der Waals surface area contributed by atoms with Crippen LogP contribution in [0.1, 0.15) is 0 Å². The Hall–Kier alpha value is -18.8. The van der Waals surface area contributed by atoms with E-state index in [4.69, 9.17) is 71.1 Å². The van der Waals surface area contributed by atoms with E-state index >= 15 is 0 Å². The summed E-state index contributed by atoms with van der Waals surface area (Å²) in [6.45, 7) is 31.9. The molecular formula is C115H59F8N13. The summed E-state index contributed by atoms with van der Waals surface area (Å²) in [6, 6.07) is 109. The third-order valence-electron chi connectivity index (χ3n) is 23.8. The van der Waals surface area contributed by atoms with Crippen LogP contribution in [-0.2, 0) is 0 Å². The van der Waals surface area contributed by atoms with E-state index in [1.54, 1.807) is 48.5 Å². The normalized spacial score (nSPS) is 11.2. The number of benzene rings is 17. The fourth-order valence-corrected chi connectivity index (χ4v) is 17.5. The maximum atomic E-state index is 14.7. The fraction of sp³-hybridized carbons (Fsp3) is 0. The number of fused-ring (bicyclic) bond motifs is 15. The zero-order valence-electron chi connectivity index (χ0n) is 70.9. The third kappa shape index (κ3) is 15.0. The second-order valence-electron chi connectivity index (χ2n) is 31.8. The van der Waals surface area contributed by atoms with Crippen molar-refractivity contribution in [2.24, 2.45) is 0 Å². The van der Waals surface area contributed by atoms with Gasteiger partial charge in [0.1, 0.15) is 0 Å². The van der Waals surface area contributed by atoms with Crippen LogP contribution in [0, 0.1) is 72.8 Å². The number of halogens is 8. The lowest BCUT2D eigenvalue weighted by Crippen LogP contribution is -2.04. The first-order valence-corrected chi connectivity index (χ1v) is 42.6. The van der Waals surface area contributed by atoms with Gasteiger partial charge >= 0.3 is 0 Å². The zero-order chi connectivity index (χ0) is 92.9. The first kappa shape index (κ1) is 84.0. The lowest BCUT2D eigenvalue weighted by molar-refractivity contribution is 0.381. The first-order valence-electron chi connectivity index (χ1n) is 42.6. The molecule has 0 fully saturated rings. The number of rotatable bonds is 11. The van der Waals surface area contributed by atoms with E-state index in [1.807, 2.05) is 273 Å². The van der Waals surface area contributed by atoms with Crippen molar-refractivity contribution in [2.75, 3.05) is 0 Å². The van der Waals surface area contributed by atoms with Gasteiger partial charge in [0.25, 0.3) is 0 Å². The Morgan fingerprint density at radius 3 is 0.699 bits per heavy atom. The highest BCUT2D eigenvalue weighted by Crippen LogP contribution is 2.50. The van der Waals surface area contributed by atoms with Crippen LogP contribution in [-0.4, -0.2) is 44.9 Å². The van der Waals surface area contributed by atoms with E-state index in [1.165, 1.54) is 24.3 Å². The molecule has 0 atom stereocenters. The summed E-state index contributed by atoms with van der Waals surface area (Å²) in [4.78, 5) is 61.4. The first-order chi connectivity index (χ1) is 66.6. The van der Waals surface area contributed by atoms with Crippen LogP contribution < -0.4 is 0 Å². The van der Waals surface area contributed by atoms with Gasteiger partial charge in [0.15, 0.2) is 63.5 Å². The molecule has 0 saturated carbocycles. The number of hydrogen-bond donors (Lipinski definition) is 0. The quantitative estimate of drug-likeness (QED) is 0.0408. The molecule has 0 spiro atoms. The minimum Gasteiger partial charge on any atom is -0.248 e. The SMILES string of the molecule is [C-]#[N+]c1cc2nc(-c3ccccc3)c(-c3ccccc3)nc2c2c1c(-c1ccc(-c3c(F)c(F)c(F)c(F)c3F)cc1)nc1ccccc12.[C-]#[N+]c1cc2nc(-c3ccccc3)c(-c3ccccc3)nc2c2c1c(-c1ccc(-c3cc(F)c(F)c(F)c3)cc1)nc1ccccc12.[C-]#[N+]c1ccc(-c2nc3ccccc3c3c2c([N+]#[C-])cc2nc(-c4ccccc4)c(-c4ccccc4)nc23)cc1. The molecule has 0 aliphatic heterocycles. The van der Waals surface area contributed by atoms with Crippen molar-refractivity contribution in [2.45, 2.75) is 0 Å². The molecule has 0 radical (unpaired) electrons. The van der Waals surface area contributed by atoms with Gasteiger partial charge in [-0.05, 0) is 81.9 Å². The molecule has 6 aromatic heterocycles. The van der Waals surface area contributed by atoms with Crippen LogP contribution in [0.3, 0.4) is 0 Å². The van der Waals surface area contributed by atoms with E-state index in [0.29, 0.717) is 128 Å². The molecule has 6 heterocycles. The molecule has 0 amide bonds. The highest BCUT2D eigenvalue weighted by atomic mass is 19.2. The molecule has 13 nitrogen and oxygen atoms in total. The number of hydrogen-bond acceptors (Lipinski definition) is 9. The lowest BCUT2D eigenvalue weighted by atomic mass is 9.95. The fourth-order valence-electron chi connectivity index (χ4n) is 17.5. The molecule has 0 bridgehead atoms. The molecule has 0 unspecified atom stereocenters. The van der Waals surface area contributed by atoms with Crippen molar-refractivity contribution in [3.63, 3.8) is 0 Å². The molecule has 23 aromatic rings. The Kier molecular flexibility index (Phi) is 21.8. The molecule has 0 aliphatic carbocycles. The zero-order valence-corrected chi connectivity index (χ0v) is 70.9. The van der Waals surface area contributed by atoms with Crippen molar-refractivity contribution >= 4 is 121 Å². The summed E-state index contributed by atoms with van der Waals surface area (Å²) < 4.78 is 113. The topological polar surface area (TPSA) is 133 Å². The Labute approximate surface area is 769 Å². The predicted molar refractivity (Wildman–Crippen MR) is 522 cm³/mol. The second kappa shape index (κ2) is 35.2. The molecular weight excluding hydrogens is 1720 g/mol. The van der Waals surface area contributed by atoms with E-state index in [-0.39, 0.29) is 16.8 Å². The van der Waals surface area contributed by atoms with Gasteiger partial charge < -0.3 is 0 Å². The summed E-state index contributed by atoms with van der Waals surface area (Å²) in [5, 5.41) is 6.55. The van der Waals surface area contributed by atoms with E-state index in [9.17, 15) is 35.1 Å². The Morgan fingerprint density at radius 1 is 0.176 bits per heavy atom. The molecule has 17 aromatic carbocycles. The minimum atomic E-state index is -2.23. The predicted octanol–water partition coefficient (Wildman–Crippen LogP) is 31.6. The average molecular weight is 1770 g/mol. The molecule has 0 N–H and O–H groups in total. The molecule has 21 heteroatoms. The van der Waals surface area contributed by atoms with E-state index < -0.39 is 52.1 Å². The van der Waals surface area contributed by atoms with Crippen LogP contribution in [0.4, 0.5) is 57.9 Å². The van der Waals surface area contributed by atoms with Crippen molar-refractivity contribution in [3.8, 4) is 124 Å². The maximum Gasteiger partial charge on any atom is 0.200 e. The van der Waals surface area contributed by atoms with E-state index in [2.05, 4.69) is 19.4 Å². The molecule has 0 saturated heterocycles. The summed E-state index contributed by atoms with van der Waals surface area (Å²) >= 11 is 0. The van der Waals surface area contributed by atoms with Gasteiger partial charge in [-0.15, -0.1) is 0 Å². The third-order valence-corrected chi connectivity index (χ3v) is 23.8. The summed E-state index contributed by atoms with van der Waals surface area (Å²) in [6.07, 6.45) is 0. The Balaban J connectivity index is 0.000000123. The van der Waals surface area contributed by atoms with Gasteiger partial charge in [-0.25, -0.2) is 99.4 Å². The van der Waals surface area contributed by atoms with Crippen LogP contribution in [0.15, 0.2) is 358 Å². The summed E-state index contributed by atoms with van der Waals surface area (Å²) in [7, 11) is 0. The van der Waals surface area contributed by atoms with Gasteiger partial charge in [-0.1, -0.05) is 309 Å². The smallest absolute Gasteiger partial charge is 0.200 e. The Morgan fingerprint density at radius 2 is 0.412 bits per heavy atom. The summed E-state index contributed by atoms with van der Waals surface area (Å²) in [5.41, 5.74) is 20.1. The number of nitrogens with zero attached hydrogens (tertiary/aromatic N) is 13. The maximum absolute atomic E-state index is 14.7. The van der Waals surface area contributed by atoms with Gasteiger partial charge in [0, 0.05) is 81.9 Å². The molecule has 640 valence electrons. The molecule has 136 heavy (non-hydrogen) atoms. The van der Waals surface area contributed by atoms with Gasteiger partial charge in [-0.3, -0.25) is 0 Å². The highest BCUT2D eigenvalue weighted by Gasteiger charge is 2.30. The highest BCUT2D eigenvalue weighted by molar-refractivity contribution is 6.28. The minimum absolute atomic E-state index is 0.204. The standard InChI is InChI=1S/C40H19F5N4.C40H21F3N4.C35H19N5/c1-46-27-20-28-40(49-39(23-12-6-3-7-13-23)38(48-28)22-10-4-2-5-11-22)30-25-14-8-9-15-26(25)47-37(31(27)30)24-18-16-21(17-19-24)29-32(41)34(43)36(45)35(44)33(29)42;1-44-32-22-33-40(47-39(25-12-6-3-7-13-25)38(46-33)24-10-4-2-5-11-24)34-28-14-8-9-15-31(28)45-37(35(32)34)26-18-16-23(17-19-26)27-20-29(41)36(43)30(42)21-27;1-36-25-19-17-24(18-20-25)32-31-28(37-2)21-29-35(30(31)26-15-9-10-16-27(26)38-32)40-34(23-13-7-4-8-14-23)33(39-29)22-11-5-3-6-12-22/h2-20H;2-22H;3-21H.